The molecule has 0 radical (unpaired) electrons. The van der Waals surface area contributed by atoms with Crippen LogP contribution in [-0.4, -0.2) is 23.5 Å². The maximum atomic E-state index is 11.7. The Balaban J connectivity index is 3.98. The van der Waals surface area contributed by atoms with E-state index in [9.17, 15) is 14.4 Å². The first-order chi connectivity index (χ1) is 8.42. The molecule has 0 aromatic carbocycles. The standard InChI is InChI=1S/C14H25O3P/c1-4-5-13(16)10(2)8-12(15)6-7-14(17)11(3)9-18/h10-11H,4-9,18H2,1-3H3. The van der Waals surface area contributed by atoms with Crippen molar-refractivity contribution in [1.29, 1.82) is 0 Å². The van der Waals surface area contributed by atoms with E-state index in [0.29, 0.717) is 12.8 Å². The largest absolute Gasteiger partial charge is 0.300 e. The fourth-order valence-electron chi connectivity index (χ4n) is 1.69. The summed E-state index contributed by atoms with van der Waals surface area (Å²) >= 11 is 0. The van der Waals surface area contributed by atoms with Crippen LogP contribution in [0.5, 0.6) is 0 Å². The SMILES string of the molecule is CCCC(=O)C(C)CC(=O)CCC(=O)C(C)CP. The molecule has 0 spiro atoms. The Labute approximate surface area is 112 Å². The summed E-state index contributed by atoms with van der Waals surface area (Å²) in [6.07, 6.45) is 2.96. The summed E-state index contributed by atoms with van der Waals surface area (Å²) in [5.41, 5.74) is 0. The Bertz CT molecular complexity index is 299. The second-order valence-electron chi connectivity index (χ2n) is 4.96. The van der Waals surface area contributed by atoms with Crippen LogP contribution in [0.15, 0.2) is 0 Å². The minimum absolute atomic E-state index is 0.00180. The second-order valence-corrected chi connectivity index (χ2v) is 5.43. The smallest absolute Gasteiger partial charge is 0.136 e. The van der Waals surface area contributed by atoms with Crippen molar-refractivity contribution in [3.63, 3.8) is 0 Å². The highest BCUT2D eigenvalue weighted by Gasteiger charge is 2.18. The predicted molar refractivity (Wildman–Crippen MR) is 76.7 cm³/mol. The van der Waals surface area contributed by atoms with E-state index in [4.69, 9.17) is 0 Å². The summed E-state index contributed by atoms with van der Waals surface area (Å²) in [4.78, 5) is 34.8. The van der Waals surface area contributed by atoms with Crippen LogP contribution >= 0.6 is 9.24 Å². The van der Waals surface area contributed by atoms with Crippen molar-refractivity contribution in [1.82, 2.24) is 0 Å². The number of ketones is 3. The molecule has 3 unspecified atom stereocenters. The molecule has 0 rings (SSSR count). The molecule has 0 saturated carbocycles. The zero-order valence-electron chi connectivity index (χ0n) is 11.7. The molecular weight excluding hydrogens is 247 g/mol. The summed E-state index contributed by atoms with van der Waals surface area (Å²) in [5, 5.41) is 0. The van der Waals surface area contributed by atoms with E-state index in [1.807, 2.05) is 13.8 Å². The third kappa shape index (κ3) is 7.00. The predicted octanol–water partition coefficient (Wildman–Crippen LogP) is 2.81. The Morgan fingerprint density at radius 2 is 1.50 bits per heavy atom. The quantitative estimate of drug-likeness (QED) is 0.575. The van der Waals surface area contributed by atoms with Crippen LogP contribution in [0.4, 0.5) is 0 Å². The van der Waals surface area contributed by atoms with Gasteiger partial charge in [-0.05, 0) is 12.6 Å². The van der Waals surface area contributed by atoms with E-state index in [1.165, 1.54) is 0 Å². The van der Waals surface area contributed by atoms with Crippen LogP contribution in [0.2, 0.25) is 0 Å². The topological polar surface area (TPSA) is 51.2 Å². The maximum Gasteiger partial charge on any atom is 0.136 e. The van der Waals surface area contributed by atoms with E-state index < -0.39 is 0 Å². The van der Waals surface area contributed by atoms with Crippen molar-refractivity contribution in [3.05, 3.63) is 0 Å². The number of hydrogen-bond donors (Lipinski definition) is 0. The lowest BCUT2D eigenvalue weighted by atomic mass is 9.94. The van der Waals surface area contributed by atoms with E-state index in [1.54, 1.807) is 6.92 Å². The first-order valence-electron chi connectivity index (χ1n) is 6.69. The Morgan fingerprint density at radius 3 is 2.00 bits per heavy atom. The summed E-state index contributed by atoms with van der Waals surface area (Å²) in [7, 11) is 2.54. The van der Waals surface area contributed by atoms with Gasteiger partial charge in [0.05, 0.1) is 0 Å². The van der Waals surface area contributed by atoms with Crippen molar-refractivity contribution >= 4 is 26.6 Å². The zero-order valence-corrected chi connectivity index (χ0v) is 12.9. The Kier molecular flexibility index (Phi) is 9.09. The molecule has 0 amide bonds. The summed E-state index contributed by atoms with van der Waals surface area (Å²) in [6.45, 7) is 5.62. The van der Waals surface area contributed by atoms with Crippen molar-refractivity contribution in [2.45, 2.75) is 52.9 Å². The first kappa shape index (κ1) is 17.4. The summed E-state index contributed by atoms with van der Waals surface area (Å²) in [5.74, 6) is 0.103. The highest BCUT2D eigenvalue weighted by atomic mass is 31.0. The minimum atomic E-state index is -0.202. The lowest BCUT2D eigenvalue weighted by Crippen LogP contribution is -2.17. The van der Waals surface area contributed by atoms with Crippen LogP contribution in [-0.2, 0) is 14.4 Å². The van der Waals surface area contributed by atoms with E-state index in [0.717, 1.165) is 12.6 Å². The van der Waals surface area contributed by atoms with Gasteiger partial charge < -0.3 is 0 Å². The molecule has 3 nitrogen and oxygen atoms in total. The molecule has 0 saturated heterocycles. The van der Waals surface area contributed by atoms with Crippen LogP contribution < -0.4 is 0 Å². The molecule has 0 aromatic heterocycles. The molecule has 0 N–H and O–H groups in total. The van der Waals surface area contributed by atoms with Gasteiger partial charge in [0, 0.05) is 37.5 Å². The molecule has 0 aromatic rings. The van der Waals surface area contributed by atoms with Crippen molar-refractivity contribution in [3.8, 4) is 0 Å². The summed E-state index contributed by atoms with van der Waals surface area (Å²) in [6, 6.07) is 0. The van der Waals surface area contributed by atoms with Crippen molar-refractivity contribution in [2.24, 2.45) is 11.8 Å². The van der Waals surface area contributed by atoms with Gasteiger partial charge in [-0.15, -0.1) is 9.24 Å². The van der Waals surface area contributed by atoms with Gasteiger partial charge in [-0.1, -0.05) is 20.8 Å². The molecule has 0 bridgehead atoms. The number of carbonyl (C=O) groups excluding carboxylic acids is 3. The fraction of sp³-hybridized carbons (Fsp3) is 0.786. The molecule has 4 heteroatoms. The third-order valence-corrected chi connectivity index (χ3v) is 3.84. The average molecular weight is 272 g/mol. The van der Waals surface area contributed by atoms with Gasteiger partial charge in [-0.2, -0.15) is 0 Å². The van der Waals surface area contributed by atoms with Gasteiger partial charge in [0.1, 0.15) is 17.3 Å². The second kappa shape index (κ2) is 9.38. The molecule has 0 heterocycles. The average Bonchev–Trinajstić information content (AvgIpc) is 2.35. The Morgan fingerprint density at radius 1 is 0.944 bits per heavy atom. The Hall–Kier alpha value is -0.560. The van der Waals surface area contributed by atoms with Crippen molar-refractivity contribution in [2.75, 3.05) is 6.16 Å². The van der Waals surface area contributed by atoms with E-state index in [-0.39, 0.29) is 42.0 Å². The molecule has 0 aliphatic rings. The van der Waals surface area contributed by atoms with Crippen LogP contribution in [0.3, 0.4) is 0 Å². The molecule has 3 atom stereocenters. The minimum Gasteiger partial charge on any atom is -0.300 e. The van der Waals surface area contributed by atoms with Gasteiger partial charge in [0.2, 0.25) is 0 Å². The first-order valence-corrected chi connectivity index (χ1v) is 7.51. The molecule has 0 aliphatic carbocycles. The lowest BCUT2D eigenvalue weighted by Gasteiger charge is -2.10. The van der Waals surface area contributed by atoms with E-state index in [2.05, 4.69) is 9.24 Å². The normalized spacial score (nSPS) is 14.0. The van der Waals surface area contributed by atoms with Crippen LogP contribution in [0.25, 0.3) is 0 Å². The van der Waals surface area contributed by atoms with Gasteiger partial charge >= 0.3 is 0 Å². The van der Waals surface area contributed by atoms with E-state index >= 15 is 0 Å². The number of carbonyl (C=O) groups is 3. The molecule has 0 fully saturated rings. The molecule has 18 heavy (non-hydrogen) atoms. The zero-order chi connectivity index (χ0) is 14.1. The van der Waals surface area contributed by atoms with Crippen LogP contribution in [0.1, 0.15) is 52.9 Å². The van der Waals surface area contributed by atoms with Crippen molar-refractivity contribution < 1.29 is 14.4 Å². The maximum absolute atomic E-state index is 11.7. The van der Waals surface area contributed by atoms with Gasteiger partial charge in [-0.25, -0.2) is 0 Å². The highest BCUT2D eigenvalue weighted by molar-refractivity contribution is 7.16. The number of Topliss-reactive ketones (excluding diaryl/α,β-unsaturated/α-hetero) is 3. The highest BCUT2D eigenvalue weighted by Crippen LogP contribution is 2.12. The lowest BCUT2D eigenvalue weighted by molar-refractivity contribution is -0.128. The van der Waals surface area contributed by atoms with Gasteiger partial charge in [-0.3, -0.25) is 14.4 Å². The number of rotatable bonds is 10. The monoisotopic (exact) mass is 272 g/mol. The summed E-state index contributed by atoms with van der Waals surface area (Å²) < 4.78 is 0. The molecule has 0 aliphatic heterocycles. The third-order valence-electron chi connectivity index (χ3n) is 3.13. The van der Waals surface area contributed by atoms with Gasteiger partial charge in [0.15, 0.2) is 0 Å². The fourth-order valence-corrected chi connectivity index (χ4v) is 1.95. The molecule has 104 valence electrons. The molecular formula is C14H25O3P. The van der Waals surface area contributed by atoms with Crippen LogP contribution in [0, 0.1) is 11.8 Å². The van der Waals surface area contributed by atoms with Gasteiger partial charge in [0.25, 0.3) is 0 Å². The number of hydrogen-bond acceptors (Lipinski definition) is 3.